The molecule has 0 unspecified atom stereocenters. The average molecular weight is 550 g/mol. The van der Waals surface area contributed by atoms with E-state index >= 15 is 0 Å². The lowest BCUT2D eigenvalue weighted by atomic mass is 9.93. The highest BCUT2D eigenvalue weighted by molar-refractivity contribution is 6.42. The highest BCUT2D eigenvalue weighted by atomic mass is 35.5. The lowest BCUT2D eigenvalue weighted by Gasteiger charge is -2.31. The molecule has 1 aromatic heterocycles. The Kier molecular flexibility index (Phi) is 7.99. The number of benzene rings is 2. The molecule has 10 heteroatoms. The number of H-pyrrole nitrogens is 1. The van der Waals surface area contributed by atoms with Crippen LogP contribution in [-0.4, -0.2) is 45.7 Å². The minimum Gasteiger partial charge on any atom is -0.348 e. The minimum absolute atomic E-state index is 0.104. The van der Waals surface area contributed by atoms with Crippen molar-refractivity contribution in [3.8, 4) is 0 Å². The molecule has 0 saturated carbocycles. The lowest BCUT2D eigenvalue weighted by Crippen LogP contribution is -2.49. The fourth-order valence-corrected chi connectivity index (χ4v) is 4.37. The highest BCUT2D eigenvalue weighted by Gasteiger charge is 2.31. The van der Waals surface area contributed by atoms with Crippen LogP contribution in [0, 0.1) is 0 Å². The van der Waals surface area contributed by atoms with Crippen LogP contribution < -0.4 is 5.73 Å². The van der Waals surface area contributed by atoms with Crippen molar-refractivity contribution in [1.82, 2.24) is 14.9 Å². The van der Waals surface area contributed by atoms with Gasteiger partial charge in [-0.3, -0.25) is 9.59 Å². The Bertz CT molecular complexity index is 1260. The SMILES string of the molecule is N[C@@H](Cc1cnc[nH]1)C(=O)N1C/C(=C/c2ccc(Cl)c(Cl)c2)C(=O)/C(=C/c2ccc(Cl)c(Cl)c2)C1. The first kappa shape index (κ1) is 25.5. The second kappa shape index (κ2) is 11.0. The molecular weight excluding hydrogens is 530 g/mol. The second-order valence-corrected chi connectivity index (χ2v) is 9.73. The van der Waals surface area contributed by atoms with E-state index in [4.69, 9.17) is 52.1 Å². The van der Waals surface area contributed by atoms with Crippen molar-refractivity contribution in [2.24, 2.45) is 5.73 Å². The molecule has 1 saturated heterocycles. The predicted molar refractivity (Wildman–Crippen MR) is 141 cm³/mol. The molecule has 2 heterocycles. The van der Waals surface area contributed by atoms with Gasteiger partial charge in [0.15, 0.2) is 5.78 Å². The number of hydrogen-bond acceptors (Lipinski definition) is 4. The summed E-state index contributed by atoms with van der Waals surface area (Å²) in [5.74, 6) is -0.472. The summed E-state index contributed by atoms with van der Waals surface area (Å²) in [5.41, 5.74) is 9.18. The maximum Gasteiger partial charge on any atom is 0.240 e. The lowest BCUT2D eigenvalue weighted by molar-refractivity contribution is -0.132. The van der Waals surface area contributed by atoms with Crippen molar-refractivity contribution in [1.29, 1.82) is 0 Å². The zero-order chi connectivity index (χ0) is 25.1. The number of aromatic amines is 1. The molecule has 180 valence electrons. The van der Waals surface area contributed by atoms with Crippen molar-refractivity contribution >= 4 is 70.2 Å². The number of imidazole rings is 1. The molecule has 1 aliphatic heterocycles. The number of rotatable bonds is 5. The average Bonchev–Trinajstić information content (AvgIpc) is 3.33. The molecule has 6 nitrogen and oxygen atoms in total. The van der Waals surface area contributed by atoms with Crippen LogP contribution in [-0.2, 0) is 16.0 Å². The Balaban J connectivity index is 1.68. The molecule has 1 aliphatic rings. The van der Waals surface area contributed by atoms with Gasteiger partial charge in [0.2, 0.25) is 5.91 Å². The molecule has 1 amide bonds. The van der Waals surface area contributed by atoms with Gasteiger partial charge >= 0.3 is 0 Å². The molecule has 4 rings (SSSR count). The summed E-state index contributed by atoms with van der Waals surface area (Å²) in [6.45, 7) is 0.209. The number of nitrogens with one attached hydrogen (secondary N) is 1. The Morgan fingerprint density at radius 2 is 1.51 bits per heavy atom. The van der Waals surface area contributed by atoms with Gasteiger partial charge in [-0.25, -0.2) is 4.98 Å². The molecule has 2 aromatic carbocycles. The number of hydrogen-bond donors (Lipinski definition) is 2. The highest BCUT2D eigenvalue weighted by Crippen LogP contribution is 2.28. The Morgan fingerprint density at radius 1 is 0.971 bits per heavy atom. The fraction of sp³-hybridized carbons (Fsp3) is 0.160. The first-order valence-corrected chi connectivity index (χ1v) is 12.1. The Hall–Kier alpha value is -2.61. The van der Waals surface area contributed by atoms with E-state index in [1.807, 2.05) is 0 Å². The summed E-state index contributed by atoms with van der Waals surface area (Å²) in [6, 6.07) is 9.33. The zero-order valence-corrected chi connectivity index (χ0v) is 21.3. The Labute approximate surface area is 222 Å². The van der Waals surface area contributed by atoms with Crippen LogP contribution in [0.15, 0.2) is 60.1 Å². The van der Waals surface area contributed by atoms with Gasteiger partial charge in [0.25, 0.3) is 0 Å². The van der Waals surface area contributed by atoms with Crippen molar-refractivity contribution in [2.45, 2.75) is 12.5 Å². The number of nitrogens with two attached hydrogens (primary N) is 1. The first-order chi connectivity index (χ1) is 16.7. The van der Waals surface area contributed by atoms with Crippen LogP contribution in [0.4, 0.5) is 0 Å². The number of likely N-dealkylation sites (tertiary alicyclic amines) is 1. The fourth-order valence-electron chi connectivity index (χ4n) is 3.76. The van der Waals surface area contributed by atoms with Gasteiger partial charge in [0.05, 0.1) is 32.5 Å². The van der Waals surface area contributed by atoms with Crippen molar-refractivity contribution in [3.05, 3.63) is 97.0 Å². The molecule has 0 aliphatic carbocycles. The van der Waals surface area contributed by atoms with Gasteiger partial charge in [0.1, 0.15) is 0 Å². The van der Waals surface area contributed by atoms with E-state index in [0.717, 1.165) is 5.69 Å². The van der Waals surface area contributed by atoms with Gasteiger partial charge in [-0.15, -0.1) is 0 Å². The van der Waals surface area contributed by atoms with Gasteiger partial charge < -0.3 is 15.6 Å². The number of piperidine rings is 1. The van der Waals surface area contributed by atoms with E-state index in [1.54, 1.807) is 59.6 Å². The number of nitrogens with zero attached hydrogens (tertiary/aromatic N) is 2. The summed E-state index contributed by atoms with van der Waals surface area (Å²) in [7, 11) is 0. The number of aromatic nitrogens is 2. The quantitative estimate of drug-likeness (QED) is 0.413. The van der Waals surface area contributed by atoms with Gasteiger partial charge in [-0.05, 0) is 47.5 Å². The monoisotopic (exact) mass is 548 g/mol. The number of Topliss-reactive ketones (excluding diaryl/α,β-unsaturated/α-hetero) is 1. The van der Waals surface area contributed by atoms with Gasteiger partial charge in [-0.1, -0.05) is 58.5 Å². The summed E-state index contributed by atoms with van der Waals surface area (Å²) in [4.78, 5) is 35.1. The summed E-state index contributed by atoms with van der Waals surface area (Å²) in [5, 5.41) is 1.55. The number of carbonyl (C=O) groups excluding carboxylic acids is 2. The van der Waals surface area contributed by atoms with Crippen LogP contribution in [0.25, 0.3) is 12.2 Å². The molecule has 1 fully saturated rings. The van der Waals surface area contributed by atoms with E-state index in [2.05, 4.69) is 9.97 Å². The summed E-state index contributed by atoms with van der Waals surface area (Å²) >= 11 is 24.3. The molecule has 3 aromatic rings. The standard InChI is InChI=1S/C25H20Cl4N4O2/c26-19-3-1-14(7-21(19)28)5-16-11-33(25(35)23(30)9-18-10-31-13-32-18)12-17(24(16)34)6-15-2-4-20(27)22(29)8-15/h1-8,10,13,23H,9,11-12,30H2,(H,31,32)/b16-5-,17-6+/t23-/m0/s1. The smallest absolute Gasteiger partial charge is 0.240 e. The van der Waals surface area contributed by atoms with E-state index in [9.17, 15) is 9.59 Å². The normalized spacial score (nSPS) is 17.3. The Morgan fingerprint density at radius 3 is 1.97 bits per heavy atom. The van der Waals surface area contributed by atoms with E-state index in [0.29, 0.717) is 48.8 Å². The van der Waals surface area contributed by atoms with Crippen LogP contribution in [0.1, 0.15) is 16.8 Å². The third-order valence-corrected chi connectivity index (χ3v) is 6.98. The maximum absolute atomic E-state index is 13.4. The number of ketones is 1. The zero-order valence-electron chi connectivity index (χ0n) is 18.3. The number of halogens is 4. The maximum atomic E-state index is 13.4. The predicted octanol–water partition coefficient (Wildman–Crippen LogP) is 5.47. The second-order valence-electron chi connectivity index (χ2n) is 8.10. The molecule has 0 spiro atoms. The third kappa shape index (κ3) is 6.15. The minimum atomic E-state index is -0.805. The van der Waals surface area contributed by atoms with Crippen molar-refractivity contribution in [3.63, 3.8) is 0 Å². The number of carbonyl (C=O) groups is 2. The van der Waals surface area contributed by atoms with Crippen LogP contribution in [0.2, 0.25) is 20.1 Å². The summed E-state index contributed by atoms with van der Waals surface area (Å²) in [6.07, 6.45) is 6.85. The molecule has 3 N–H and O–H groups in total. The molecular formula is C25H20Cl4N4O2. The molecule has 0 bridgehead atoms. The molecule has 0 radical (unpaired) electrons. The van der Waals surface area contributed by atoms with E-state index in [-0.39, 0.29) is 24.8 Å². The molecule has 35 heavy (non-hydrogen) atoms. The molecule has 1 atom stereocenters. The summed E-state index contributed by atoms with van der Waals surface area (Å²) < 4.78 is 0. The van der Waals surface area contributed by atoms with Crippen LogP contribution >= 0.6 is 46.4 Å². The third-order valence-electron chi connectivity index (χ3n) is 5.50. The largest absolute Gasteiger partial charge is 0.348 e. The van der Waals surface area contributed by atoms with Crippen molar-refractivity contribution in [2.75, 3.05) is 13.1 Å². The van der Waals surface area contributed by atoms with Gasteiger partial charge in [-0.2, -0.15) is 0 Å². The van der Waals surface area contributed by atoms with Crippen LogP contribution in [0.3, 0.4) is 0 Å². The van der Waals surface area contributed by atoms with Gasteiger partial charge in [0, 0.05) is 42.5 Å². The van der Waals surface area contributed by atoms with E-state index < -0.39 is 6.04 Å². The first-order valence-electron chi connectivity index (χ1n) is 10.6. The van der Waals surface area contributed by atoms with Crippen LogP contribution in [0.5, 0.6) is 0 Å². The van der Waals surface area contributed by atoms with E-state index in [1.165, 1.54) is 6.33 Å². The topological polar surface area (TPSA) is 92.1 Å². The number of amides is 1. The van der Waals surface area contributed by atoms with Crippen molar-refractivity contribution < 1.29 is 9.59 Å².